The van der Waals surface area contributed by atoms with Crippen molar-refractivity contribution in [2.24, 2.45) is 11.8 Å². The molecule has 2 fully saturated rings. The number of carbonyl (C=O) groups is 2. The number of fused-ring (bicyclic) bond motifs is 1. The number of hydrogen-bond acceptors (Lipinski definition) is 4. The Labute approximate surface area is 198 Å². The van der Waals surface area contributed by atoms with E-state index in [9.17, 15) is 14.9 Å². The van der Waals surface area contributed by atoms with Gasteiger partial charge in [-0.15, -0.1) is 0 Å². The molecule has 1 saturated carbocycles. The van der Waals surface area contributed by atoms with Crippen LogP contribution in [0.2, 0.25) is 0 Å². The second-order valence-corrected chi connectivity index (χ2v) is 10.7. The zero-order valence-corrected chi connectivity index (χ0v) is 20.6. The summed E-state index contributed by atoms with van der Waals surface area (Å²) in [5.41, 5.74) is 2.41. The zero-order chi connectivity index (χ0) is 23.8. The highest BCUT2D eigenvalue weighted by atomic mass is 16.2. The van der Waals surface area contributed by atoms with Crippen LogP contribution in [0.5, 0.6) is 0 Å². The van der Waals surface area contributed by atoms with Crippen molar-refractivity contribution in [2.75, 3.05) is 18.0 Å². The molecule has 2 aliphatic heterocycles. The van der Waals surface area contributed by atoms with Crippen LogP contribution >= 0.6 is 0 Å². The molecule has 1 saturated heterocycles. The molecular formula is C27H38N4O2. The molecule has 1 unspecified atom stereocenters. The van der Waals surface area contributed by atoms with Crippen LogP contribution < -0.4 is 10.2 Å². The third-order valence-corrected chi connectivity index (χ3v) is 8.28. The van der Waals surface area contributed by atoms with E-state index in [0.717, 1.165) is 37.2 Å². The molecule has 6 heteroatoms. The number of likely N-dealkylation sites (tertiary alicyclic amines) is 1. The summed E-state index contributed by atoms with van der Waals surface area (Å²) in [5.74, 6) is 0.210. The van der Waals surface area contributed by atoms with E-state index < -0.39 is 6.04 Å². The minimum atomic E-state index is -0.707. The standard InChI is InChI=1S/C27H38N4O2/c1-18(2)25(32)29-24-22-16-20(17-28)8-9-23(22)31(26(24)33)21-10-14-30(15-11-21)27(19(3)4)12-6-5-7-13-27/h8-9,16,18-19,21,24H,5-7,10-15H2,1-4H3,(H,29,32). The Morgan fingerprint density at radius 3 is 2.36 bits per heavy atom. The van der Waals surface area contributed by atoms with Crippen molar-refractivity contribution >= 4 is 17.5 Å². The molecule has 0 spiro atoms. The van der Waals surface area contributed by atoms with Gasteiger partial charge in [0.25, 0.3) is 5.91 Å². The highest BCUT2D eigenvalue weighted by molar-refractivity contribution is 6.07. The van der Waals surface area contributed by atoms with Crippen molar-refractivity contribution in [2.45, 2.75) is 90.3 Å². The van der Waals surface area contributed by atoms with Crippen molar-refractivity contribution in [1.82, 2.24) is 10.2 Å². The van der Waals surface area contributed by atoms with Crippen LogP contribution in [0.4, 0.5) is 5.69 Å². The highest BCUT2D eigenvalue weighted by Crippen LogP contribution is 2.43. The van der Waals surface area contributed by atoms with Crippen molar-refractivity contribution in [3.05, 3.63) is 29.3 Å². The lowest BCUT2D eigenvalue weighted by atomic mass is 9.72. The van der Waals surface area contributed by atoms with Gasteiger partial charge in [0.2, 0.25) is 5.91 Å². The lowest BCUT2D eigenvalue weighted by molar-refractivity contribution is -0.129. The van der Waals surface area contributed by atoms with Crippen molar-refractivity contribution < 1.29 is 9.59 Å². The quantitative estimate of drug-likeness (QED) is 0.714. The minimum absolute atomic E-state index is 0.0659. The Morgan fingerprint density at radius 2 is 1.79 bits per heavy atom. The van der Waals surface area contributed by atoms with Crippen LogP contribution in [0.25, 0.3) is 0 Å². The van der Waals surface area contributed by atoms with Crippen molar-refractivity contribution in [1.29, 1.82) is 5.26 Å². The normalized spacial score (nSPS) is 23.6. The molecule has 0 aromatic heterocycles. The van der Waals surface area contributed by atoms with Crippen LogP contribution in [-0.4, -0.2) is 41.4 Å². The van der Waals surface area contributed by atoms with Gasteiger partial charge in [-0.25, -0.2) is 0 Å². The zero-order valence-electron chi connectivity index (χ0n) is 20.6. The number of nitrogens with zero attached hydrogens (tertiary/aromatic N) is 3. The molecule has 178 valence electrons. The summed E-state index contributed by atoms with van der Waals surface area (Å²) in [7, 11) is 0. The second-order valence-electron chi connectivity index (χ2n) is 10.7. The predicted molar refractivity (Wildman–Crippen MR) is 130 cm³/mol. The van der Waals surface area contributed by atoms with Gasteiger partial charge in [0.15, 0.2) is 0 Å². The molecule has 1 N–H and O–H groups in total. The third kappa shape index (κ3) is 4.28. The maximum Gasteiger partial charge on any atom is 0.254 e. The SMILES string of the molecule is CC(C)C(=O)NC1C(=O)N(C2CCN(C3(C(C)C)CCCCC3)CC2)c2ccc(C#N)cc21. The van der Waals surface area contributed by atoms with Crippen LogP contribution in [0.1, 0.15) is 89.8 Å². The van der Waals surface area contributed by atoms with Gasteiger partial charge in [-0.1, -0.05) is 47.0 Å². The fourth-order valence-electron chi connectivity index (χ4n) is 6.28. The molecule has 2 heterocycles. The monoisotopic (exact) mass is 450 g/mol. The maximum absolute atomic E-state index is 13.6. The lowest BCUT2D eigenvalue weighted by Gasteiger charge is -2.52. The average Bonchev–Trinajstić information content (AvgIpc) is 3.09. The third-order valence-electron chi connectivity index (χ3n) is 8.28. The van der Waals surface area contributed by atoms with E-state index in [0.29, 0.717) is 17.0 Å². The number of carbonyl (C=O) groups excluding carboxylic acids is 2. The molecule has 3 aliphatic rings. The Morgan fingerprint density at radius 1 is 1.12 bits per heavy atom. The van der Waals surface area contributed by atoms with Crippen molar-refractivity contribution in [3.8, 4) is 6.07 Å². The van der Waals surface area contributed by atoms with Crippen LogP contribution in [-0.2, 0) is 9.59 Å². The summed E-state index contributed by atoms with van der Waals surface area (Å²) in [6, 6.07) is 7.01. The first-order chi connectivity index (χ1) is 15.8. The summed E-state index contributed by atoms with van der Waals surface area (Å²) >= 11 is 0. The first kappa shape index (κ1) is 23.8. The van der Waals surface area contributed by atoms with Gasteiger partial charge >= 0.3 is 0 Å². The van der Waals surface area contributed by atoms with E-state index in [-0.39, 0.29) is 23.8 Å². The number of benzene rings is 1. The van der Waals surface area contributed by atoms with Gasteiger partial charge in [0.05, 0.1) is 11.6 Å². The van der Waals surface area contributed by atoms with Crippen LogP contribution in [0.15, 0.2) is 18.2 Å². The van der Waals surface area contributed by atoms with E-state index in [1.807, 2.05) is 24.8 Å². The molecular weight excluding hydrogens is 412 g/mol. The highest BCUT2D eigenvalue weighted by Gasteiger charge is 2.46. The Kier molecular flexibility index (Phi) is 6.81. The predicted octanol–water partition coefficient (Wildman–Crippen LogP) is 4.54. The largest absolute Gasteiger partial charge is 0.340 e. The fraction of sp³-hybridized carbons (Fsp3) is 0.667. The number of nitrogens with one attached hydrogen (secondary N) is 1. The molecule has 1 aliphatic carbocycles. The number of piperidine rings is 1. The number of nitriles is 1. The van der Waals surface area contributed by atoms with Gasteiger partial charge in [0, 0.05) is 41.8 Å². The number of hydrogen-bond donors (Lipinski definition) is 1. The van der Waals surface area contributed by atoms with Gasteiger partial charge in [-0.2, -0.15) is 5.26 Å². The average molecular weight is 451 g/mol. The molecule has 2 amide bonds. The lowest BCUT2D eigenvalue weighted by Crippen LogP contribution is -2.58. The Balaban J connectivity index is 1.55. The molecule has 1 aromatic carbocycles. The minimum Gasteiger partial charge on any atom is -0.340 e. The summed E-state index contributed by atoms with van der Waals surface area (Å²) in [6.45, 7) is 10.4. The van der Waals surface area contributed by atoms with Gasteiger partial charge < -0.3 is 10.2 Å². The summed E-state index contributed by atoms with van der Waals surface area (Å²) in [6.07, 6.45) is 8.40. The number of rotatable bonds is 5. The van der Waals surface area contributed by atoms with E-state index in [4.69, 9.17) is 0 Å². The van der Waals surface area contributed by atoms with Gasteiger partial charge in [-0.05, 0) is 49.8 Å². The van der Waals surface area contributed by atoms with Crippen LogP contribution in [0.3, 0.4) is 0 Å². The summed E-state index contributed by atoms with van der Waals surface area (Å²) < 4.78 is 0. The fourth-order valence-corrected chi connectivity index (χ4v) is 6.28. The smallest absolute Gasteiger partial charge is 0.254 e. The Hall–Kier alpha value is -2.39. The molecule has 0 bridgehead atoms. The molecule has 1 aromatic rings. The molecule has 4 rings (SSSR count). The molecule has 0 radical (unpaired) electrons. The molecule has 33 heavy (non-hydrogen) atoms. The number of amides is 2. The maximum atomic E-state index is 13.6. The summed E-state index contributed by atoms with van der Waals surface area (Å²) in [5, 5.41) is 12.3. The van der Waals surface area contributed by atoms with E-state index in [1.165, 1.54) is 32.1 Å². The van der Waals surface area contributed by atoms with Gasteiger partial charge in [-0.3, -0.25) is 14.5 Å². The van der Waals surface area contributed by atoms with Gasteiger partial charge in [0.1, 0.15) is 6.04 Å². The van der Waals surface area contributed by atoms with Crippen LogP contribution in [0, 0.1) is 23.2 Å². The molecule has 1 atom stereocenters. The summed E-state index contributed by atoms with van der Waals surface area (Å²) in [4.78, 5) is 30.7. The Bertz CT molecular complexity index is 934. The first-order valence-electron chi connectivity index (χ1n) is 12.7. The van der Waals surface area contributed by atoms with E-state index >= 15 is 0 Å². The topological polar surface area (TPSA) is 76.4 Å². The van der Waals surface area contributed by atoms with E-state index in [2.05, 4.69) is 30.1 Å². The molecule has 6 nitrogen and oxygen atoms in total. The van der Waals surface area contributed by atoms with E-state index in [1.54, 1.807) is 12.1 Å². The van der Waals surface area contributed by atoms with Crippen molar-refractivity contribution in [3.63, 3.8) is 0 Å². The first-order valence-corrected chi connectivity index (χ1v) is 12.7. The number of anilines is 1. The second kappa shape index (κ2) is 9.46.